The van der Waals surface area contributed by atoms with Crippen LogP contribution < -0.4 is 5.32 Å². The third-order valence-corrected chi connectivity index (χ3v) is 8.60. The Morgan fingerprint density at radius 3 is 2.43 bits per heavy atom. The lowest BCUT2D eigenvalue weighted by Gasteiger charge is -2.41. The Hall–Kier alpha value is -3.64. The van der Waals surface area contributed by atoms with Gasteiger partial charge in [-0.25, -0.2) is 13.4 Å². The van der Waals surface area contributed by atoms with Gasteiger partial charge in [0.05, 0.1) is 28.9 Å². The summed E-state index contributed by atoms with van der Waals surface area (Å²) in [5.74, 6) is 0. The van der Waals surface area contributed by atoms with Crippen molar-refractivity contribution in [2.45, 2.75) is 36.4 Å². The summed E-state index contributed by atoms with van der Waals surface area (Å²) in [4.78, 5) is 4.52. The first kappa shape index (κ1) is 26.4. The van der Waals surface area contributed by atoms with Crippen LogP contribution in [-0.4, -0.2) is 34.4 Å². The maximum Gasteiger partial charge on any atom is 0.243 e. The lowest BCUT2D eigenvalue weighted by Crippen LogP contribution is -2.53. The number of fused-ring (bicyclic) bond motifs is 1. The summed E-state index contributed by atoms with van der Waals surface area (Å²) in [6.45, 7) is 0.236. The van der Waals surface area contributed by atoms with Gasteiger partial charge in [0, 0.05) is 43.6 Å². The second kappa shape index (κ2) is 11.2. The first-order valence-electron chi connectivity index (χ1n) is 11.8. The molecule has 0 fully saturated rings. The third-order valence-electron chi connectivity index (χ3n) is 6.72. The molecule has 0 spiro atoms. The SMILES string of the molecule is Cl.Cn1cncc1CC1Nc2ccc(C#N)cc2CC1N(Cc1ccccc1)S(=O)(=O)c1ccccc1. The van der Waals surface area contributed by atoms with Gasteiger partial charge in [-0.05, 0) is 47.9 Å². The van der Waals surface area contributed by atoms with E-state index in [1.54, 1.807) is 41.0 Å². The fourth-order valence-electron chi connectivity index (χ4n) is 4.80. The molecule has 1 N–H and O–H groups in total. The number of nitriles is 1. The van der Waals surface area contributed by atoms with Gasteiger partial charge in [0.25, 0.3) is 0 Å². The summed E-state index contributed by atoms with van der Waals surface area (Å²) in [5, 5.41) is 13.1. The molecule has 0 saturated carbocycles. The predicted octanol–water partition coefficient (Wildman–Crippen LogP) is 4.55. The molecule has 0 bridgehead atoms. The number of rotatable bonds is 7. The minimum Gasteiger partial charge on any atom is -0.380 e. The Balaban J connectivity index is 0.00000320. The Kier molecular flexibility index (Phi) is 7.98. The number of sulfonamides is 1. The number of anilines is 1. The number of imidazole rings is 1. The van der Waals surface area contributed by atoms with Gasteiger partial charge in [-0.15, -0.1) is 12.4 Å². The predicted molar refractivity (Wildman–Crippen MR) is 146 cm³/mol. The van der Waals surface area contributed by atoms with E-state index < -0.39 is 16.1 Å². The molecule has 2 unspecified atom stereocenters. The van der Waals surface area contributed by atoms with Crippen LogP contribution in [0.2, 0.25) is 0 Å². The highest BCUT2D eigenvalue weighted by molar-refractivity contribution is 7.89. The van der Waals surface area contributed by atoms with Crippen LogP contribution in [0.4, 0.5) is 5.69 Å². The zero-order valence-corrected chi connectivity index (χ0v) is 22.0. The average molecular weight is 534 g/mol. The van der Waals surface area contributed by atoms with E-state index in [0.717, 1.165) is 22.5 Å². The van der Waals surface area contributed by atoms with E-state index in [0.29, 0.717) is 18.4 Å². The van der Waals surface area contributed by atoms with E-state index in [4.69, 9.17) is 0 Å². The molecule has 7 nitrogen and oxygen atoms in total. The fraction of sp³-hybridized carbons (Fsp3) is 0.214. The standard InChI is InChI=1S/C28H27N5O2S.ClH/c1-32-20-30-18-24(32)16-27-28(15-23-14-22(17-29)12-13-26(23)31-27)33(19-21-8-4-2-5-9-21)36(34,35)25-10-6-3-7-11-25;/h2-14,18,20,27-28,31H,15-16,19H2,1H3;1H. The van der Waals surface area contributed by atoms with E-state index in [1.807, 2.05) is 66.3 Å². The van der Waals surface area contributed by atoms with Gasteiger partial charge in [-0.1, -0.05) is 48.5 Å². The van der Waals surface area contributed by atoms with Gasteiger partial charge >= 0.3 is 0 Å². The molecule has 0 aliphatic carbocycles. The second-order valence-corrected chi connectivity index (χ2v) is 10.9. The fourth-order valence-corrected chi connectivity index (χ4v) is 6.47. The van der Waals surface area contributed by atoms with E-state index >= 15 is 0 Å². The van der Waals surface area contributed by atoms with Gasteiger partial charge in [-0.3, -0.25) is 0 Å². The van der Waals surface area contributed by atoms with Crippen molar-refractivity contribution < 1.29 is 8.42 Å². The molecule has 2 atom stereocenters. The Labute approximate surface area is 223 Å². The molecule has 190 valence electrons. The highest BCUT2D eigenvalue weighted by atomic mass is 35.5. The quantitative estimate of drug-likeness (QED) is 0.376. The van der Waals surface area contributed by atoms with E-state index in [1.165, 1.54) is 0 Å². The van der Waals surface area contributed by atoms with Crippen molar-refractivity contribution in [2.24, 2.45) is 7.05 Å². The number of aryl methyl sites for hydroxylation is 1. The van der Waals surface area contributed by atoms with Crippen molar-refractivity contribution >= 4 is 28.1 Å². The smallest absolute Gasteiger partial charge is 0.243 e. The van der Waals surface area contributed by atoms with E-state index in [2.05, 4.69) is 16.4 Å². The molecule has 3 aromatic carbocycles. The molecule has 2 heterocycles. The monoisotopic (exact) mass is 533 g/mol. The lowest BCUT2D eigenvalue weighted by atomic mass is 9.89. The Bertz CT molecular complexity index is 1500. The van der Waals surface area contributed by atoms with Crippen molar-refractivity contribution in [1.29, 1.82) is 5.26 Å². The number of nitrogens with one attached hydrogen (secondary N) is 1. The molecule has 1 aromatic heterocycles. The molecule has 0 amide bonds. The van der Waals surface area contributed by atoms with Crippen LogP contribution in [0.1, 0.15) is 22.4 Å². The highest BCUT2D eigenvalue weighted by Crippen LogP contribution is 2.33. The summed E-state index contributed by atoms with van der Waals surface area (Å²) in [5.41, 5.74) is 4.33. The highest BCUT2D eigenvalue weighted by Gasteiger charge is 2.39. The first-order chi connectivity index (χ1) is 17.5. The molecule has 4 aromatic rings. The number of aromatic nitrogens is 2. The molecule has 0 radical (unpaired) electrons. The maximum atomic E-state index is 14.1. The van der Waals surface area contributed by atoms with Crippen molar-refractivity contribution in [3.63, 3.8) is 0 Å². The van der Waals surface area contributed by atoms with Crippen LogP contribution >= 0.6 is 12.4 Å². The number of nitrogens with zero attached hydrogens (tertiary/aromatic N) is 4. The molecular formula is C28H28ClN5O2S. The molecular weight excluding hydrogens is 506 g/mol. The largest absolute Gasteiger partial charge is 0.380 e. The van der Waals surface area contributed by atoms with Crippen LogP contribution in [0.15, 0.2) is 96.3 Å². The summed E-state index contributed by atoms with van der Waals surface area (Å²) >= 11 is 0. The third kappa shape index (κ3) is 5.54. The lowest BCUT2D eigenvalue weighted by molar-refractivity contribution is 0.272. The van der Waals surface area contributed by atoms with Crippen molar-refractivity contribution in [3.05, 3.63) is 114 Å². The minimum absolute atomic E-state index is 0. The minimum atomic E-state index is -3.83. The normalized spacial score (nSPS) is 16.8. The van der Waals surface area contributed by atoms with Gasteiger partial charge in [0.2, 0.25) is 10.0 Å². The van der Waals surface area contributed by atoms with Crippen LogP contribution in [-0.2, 0) is 36.5 Å². The summed E-state index contributed by atoms with van der Waals surface area (Å²) < 4.78 is 31.8. The number of hydrogen-bond acceptors (Lipinski definition) is 5. The summed E-state index contributed by atoms with van der Waals surface area (Å²) in [6, 6.07) is 25.4. The van der Waals surface area contributed by atoms with Crippen molar-refractivity contribution in [2.75, 3.05) is 5.32 Å². The molecule has 9 heteroatoms. The molecule has 5 rings (SSSR count). The van der Waals surface area contributed by atoms with Crippen molar-refractivity contribution in [3.8, 4) is 6.07 Å². The zero-order valence-electron chi connectivity index (χ0n) is 20.4. The number of hydrogen-bond donors (Lipinski definition) is 1. The molecule has 1 aliphatic heterocycles. The van der Waals surface area contributed by atoms with E-state index in [9.17, 15) is 13.7 Å². The number of halogens is 1. The van der Waals surface area contributed by atoms with E-state index in [-0.39, 0.29) is 29.9 Å². The van der Waals surface area contributed by atoms with Gasteiger partial charge in [0.15, 0.2) is 0 Å². The van der Waals surface area contributed by atoms with Gasteiger partial charge < -0.3 is 9.88 Å². The van der Waals surface area contributed by atoms with Crippen LogP contribution in [0, 0.1) is 11.3 Å². The van der Waals surface area contributed by atoms with Gasteiger partial charge in [0.1, 0.15) is 0 Å². The average Bonchev–Trinajstić information content (AvgIpc) is 3.31. The summed E-state index contributed by atoms with van der Waals surface area (Å²) in [6.07, 6.45) is 4.65. The topological polar surface area (TPSA) is 91.0 Å². The molecule has 1 aliphatic rings. The molecule has 37 heavy (non-hydrogen) atoms. The number of benzene rings is 3. The Morgan fingerprint density at radius 2 is 1.78 bits per heavy atom. The Morgan fingerprint density at radius 1 is 1.08 bits per heavy atom. The molecule has 0 saturated heterocycles. The van der Waals surface area contributed by atoms with Crippen LogP contribution in [0.3, 0.4) is 0 Å². The first-order valence-corrected chi connectivity index (χ1v) is 13.3. The summed E-state index contributed by atoms with van der Waals surface area (Å²) in [7, 11) is -1.89. The van der Waals surface area contributed by atoms with Crippen LogP contribution in [0.5, 0.6) is 0 Å². The zero-order chi connectivity index (χ0) is 25.1. The maximum absolute atomic E-state index is 14.1. The van der Waals surface area contributed by atoms with Gasteiger partial charge in [-0.2, -0.15) is 9.57 Å². The van der Waals surface area contributed by atoms with Crippen molar-refractivity contribution in [1.82, 2.24) is 13.9 Å². The second-order valence-electron chi connectivity index (χ2n) is 9.05. The van der Waals surface area contributed by atoms with Crippen LogP contribution in [0.25, 0.3) is 0 Å².